The molecule has 2 aliphatic heterocycles. The number of aliphatic imine (C=N–C) groups is 1. The fraction of sp³-hybridized carbons (Fsp3) is 0.533. The predicted octanol–water partition coefficient (Wildman–Crippen LogP) is 5.87. The molecule has 38 heavy (non-hydrogen) atoms. The molecule has 0 N–H and O–H groups in total. The Morgan fingerprint density at radius 2 is 1.76 bits per heavy atom. The highest BCUT2D eigenvalue weighted by atomic mass is 35.5. The first-order chi connectivity index (χ1) is 18.5. The third-order valence-electron chi connectivity index (χ3n) is 8.13. The van der Waals surface area contributed by atoms with Crippen molar-refractivity contribution < 1.29 is 14.3 Å². The van der Waals surface area contributed by atoms with Crippen LogP contribution in [0.2, 0.25) is 5.02 Å². The standard InChI is InChI=1S/C30H39ClN4O3/c1-4-38-27-20-24(37-3)13-14-25(27)29-32-26(19-21-7-5-6-8-21)28(22-9-11-23(31)12-10-22)35(29)30(36)34-17-15-33(2)16-18-34/h9-14,20-21,26,28H,4-8,15-19H2,1-3H3/t26-,28+/m1/s1. The number of amidine groups is 1. The van der Waals surface area contributed by atoms with Crippen molar-refractivity contribution in [3.63, 3.8) is 0 Å². The summed E-state index contributed by atoms with van der Waals surface area (Å²) in [5.74, 6) is 2.70. The van der Waals surface area contributed by atoms with Crippen molar-refractivity contribution >= 4 is 23.5 Å². The molecular weight excluding hydrogens is 500 g/mol. The minimum atomic E-state index is -0.202. The summed E-state index contributed by atoms with van der Waals surface area (Å²) < 4.78 is 11.6. The molecule has 204 valence electrons. The van der Waals surface area contributed by atoms with Gasteiger partial charge in [0.15, 0.2) is 0 Å². The number of amides is 2. The monoisotopic (exact) mass is 538 g/mol. The van der Waals surface area contributed by atoms with Crippen LogP contribution in [0, 0.1) is 5.92 Å². The quantitative estimate of drug-likeness (QED) is 0.442. The largest absolute Gasteiger partial charge is 0.497 e. The fourth-order valence-corrected chi connectivity index (χ4v) is 6.17. The van der Waals surface area contributed by atoms with Gasteiger partial charge in [0.2, 0.25) is 0 Å². The molecular formula is C30H39ClN4O3. The van der Waals surface area contributed by atoms with Crippen LogP contribution in [0.25, 0.3) is 0 Å². The summed E-state index contributed by atoms with van der Waals surface area (Å²) in [4.78, 5) is 25.9. The van der Waals surface area contributed by atoms with Gasteiger partial charge in [0.05, 0.1) is 31.4 Å². The lowest BCUT2D eigenvalue weighted by Gasteiger charge is -2.38. The Bertz CT molecular complexity index is 1140. The van der Waals surface area contributed by atoms with Gasteiger partial charge in [0.1, 0.15) is 17.3 Å². The van der Waals surface area contributed by atoms with Gasteiger partial charge < -0.3 is 19.3 Å². The second-order valence-corrected chi connectivity index (χ2v) is 11.1. The Balaban J connectivity index is 1.60. The van der Waals surface area contributed by atoms with Crippen molar-refractivity contribution in [1.82, 2.24) is 14.7 Å². The lowest BCUT2D eigenvalue weighted by atomic mass is 9.90. The fourth-order valence-electron chi connectivity index (χ4n) is 6.04. The molecule has 0 unspecified atom stereocenters. The summed E-state index contributed by atoms with van der Waals surface area (Å²) in [5.41, 5.74) is 1.88. The van der Waals surface area contributed by atoms with Crippen molar-refractivity contribution in [3.05, 3.63) is 58.6 Å². The maximum Gasteiger partial charge on any atom is 0.326 e. The minimum absolute atomic E-state index is 0.00369. The van der Waals surface area contributed by atoms with E-state index in [0.29, 0.717) is 48.0 Å². The number of urea groups is 1. The van der Waals surface area contributed by atoms with E-state index in [0.717, 1.165) is 30.6 Å². The molecule has 2 aromatic rings. The van der Waals surface area contributed by atoms with Crippen molar-refractivity contribution in [2.75, 3.05) is 46.9 Å². The van der Waals surface area contributed by atoms with E-state index in [1.807, 2.05) is 47.1 Å². The molecule has 0 spiro atoms. The van der Waals surface area contributed by atoms with Crippen LogP contribution in [0.5, 0.6) is 11.5 Å². The first-order valence-electron chi connectivity index (χ1n) is 13.9. The van der Waals surface area contributed by atoms with Crippen LogP contribution in [0.1, 0.15) is 56.2 Å². The Morgan fingerprint density at radius 3 is 2.42 bits per heavy atom. The van der Waals surface area contributed by atoms with E-state index in [4.69, 9.17) is 26.1 Å². The lowest BCUT2D eigenvalue weighted by molar-refractivity contribution is 0.129. The molecule has 1 saturated carbocycles. The van der Waals surface area contributed by atoms with Gasteiger partial charge in [-0.3, -0.25) is 9.89 Å². The first kappa shape index (κ1) is 26.8. The number of likely N-dealkylation sites (N-methyl/N-ethyl adjacent to an activating group) is 1. The minimum Gasteiger partial charge on any atom is -0.497 e. The number of carbonyl (C=O) groups is 1. The van der Waals surface area contributed by atoms with E-state index in [1.54, 1.807) is 7.11 Å². The molecule has 1 aliphatic carbocycles. The number of hydrogen-bond donors (Lipinski definition) is 0. The second kappa shape index (κ2) is 12.0. The number of rotatable bonds is 7. The Kier molecular flexibility index (Phi) is 8.44. The van der Waals surface area contributed by atoms with Crippen LogP contribution in [0.4, 0.5) is 4.79 Å². The first-order valence-corrected chi connectivity index (χ1v) is 14.3. The zero-order chi connectivity index (χ0) is 26.6. The number of hydrogen-bond acceptors (Lipinski definition) is 5. The zero-order valence-corrected chi connectivity index (χ0v) is 23.5. The smallest absolute Gasteiger partial charge is 0.326 e. The number of nitrogens with zero attached hydrogens (tertiary/aromatic N) is 4. The van der Waals surface area contributed by atoms with E-state index in [9.17, 15) is 4.79 Å². The van der Waals surface area contributed by atoms with Gasteiger partial charge in [-0.2, -0.15) is 0 Å². The van der Waals surface area contributed by atoms with E-state index < -0.39 is 0 Å². The summed E-state index contributed by atoms with van der Waals surface area (Å²) in [6.45, 7) is 5.57. The molecule has 2 aromatic carbocycles. The summed E-state index contributed by atoms with van der Waals surface area (Å²) in [7, 11) is 3.75. The van der Waals surface area contributed by atoms with Crippen molar-refractivity contribution in [1.29, 1.82) is 0 Å². The van der Waals surface area contributed by atoms with Crippen molar-refractivity contribution in [2.45, 2.75) is 51.1 Å². The highest BCUT2D eigenvalue weighted by Crippen LogP contribution is 2.42. The topological polar surface area (TPSA) is 57.6 Å². The summed E-state index contributed by atoms with van der Waals surface area (Å²) >= 11 is 6.28. The highest BCUT2D eigenvalue weighted by molar-refractivity contribution is 6.30. The third-order valence-corrected chi connectivity index (χ3v) is 8.38. The molecule has 2 atom stereocenters. The number of halogens is 1. The molecule has 0 aromatic heterocycles. The normalized spacial score (nSPS) is 22.6. The molecule has 8 heteroatoms. The maximum atomic E-state index is 14.4. The van der Waals surface area contributed by atoms with Crippen LogP contribution in [-0.4, -0.2) is 79.6 Å². The molecule has 3 aliphatic rings. The average Bonchev–Trinajstić information content (AvgIpc) is 3.57. The van der Waals surface area contributed by atoms with E-state index in [2.05, 4.69) is 24.1 Å². The summed E-state index contributed by atoms with van der Waals surface area (Å²) in [6.07, 6.45) is 5.97. The number of ether oxygens (including phenoxy) is 2. The number of benzene rings is 2. The molecule has 7 nitrogen and oxygen atoms in total. The molecule has 5 rings (SSSR count). The average molecular weight is 539 g/mol. The van der Waals surface area contributed by atoms with Gasteiger partial charge in [-0.05, 0) is 56.1 Å². The van der Waals surface area contributed by atoms with Gasteiger partial charge in [0.25, 0.3) is 0 Å². The Hall–Kier alpha value is -2.77. The van der Waals surface area contributed by atoms with Crippen LogP contribution < -0.4 is 9.47 Å². The SMILES string of the molecule is CCOc1cc(OC)ccc1C1=N[C@H](CC2CCCC2)[C@H](c2ccc(Cl)cc2)N1C(=O)N1CCN(C)CC1. The molecule has 0 bridgehead atoms. The second-order valence-electron chi connectivity index (χ2n) is 10.6. The molecule has 0 radical (unpaired) electrons. The van der Waals surface area contributed by atoms with Crippen LogP contribution in [-0.2, 0) is 0 Å². The Labute approximate surface area is 231 Å². The van der Waals surface area contributed by atoms with E-state index in [-0.39, 0.29) is 18.1 Å². The summed E-state index contributed by atoms with van der Waals surface area (Å²) in [6, 6.07) is 13.5. The highest BCUT2D eigenvalue weighted by Gasteiger charge is 2.45. The van der Waals surface area contributed by atoms with Gasteiger partial charge in [-0.15, -0.1) is 0 Å². The summed E-state index contributed by atoms with van der Waals surface area (Å²) in [5, 5.41) is 0.686. The molecule has 2 amide bonds. The van der Waals surface area contributed by atoms with Crippen LogP contribution in [0.3, 0.4) is 0 Å². The van der Waals surface area contributed by atoms with Crippen LogP contribution >= 0.6 is 11.6 Å². The van der Waals surface area contributed by atoms with Crippen LogP contribution in [0.15, 0.2) is 47.5 Å². The van der Waals surface area contributed by atoms with Gasteiger partial charge >= 0.3 is 6.03 Å². The van der Waals surface area contributed by atoms with Gasteiger partial charge in [-0.25, -0.2) is 4.79 Å². The number of carbonyl (C=O) groups excluding carboxylic acids is 1. The van der Waals surface area contributed by atoms with E-state index >= 15 is 0 Å². The lowest BCUT2D eigenvalue weighted by Crippen LogP contribution is -2.53. The molecule has 1 saturated heterocycles. The Morgan fingerprint density at radius 1 is 1.05 bits per heavy atom. The number of piperazine rings is 1. The van der Waals surface area contributed by atoms with Gasteiger partial charge in [-0.1, -0.05) is 49.4 Å². The number of methoxy groups -OCH3 is 1. The predicted molar refractivity (Wildman–Crippen MR) is 152 cm³/mol. The van der Waals surface area contributed by atoms with Crippen molar-refractivity contribution in [3.8, 4) is 11.5 Å². The third kappa shape index (κ3) is 5.64. The zero-order valence-electron chi connectivity index (χ0n) is 22.7. The molecule has 2 fully saturated rings. The van der Waals surface area contributed by atoms with Gasteiger partial charge in [0, 0.05) is 37.3 Å². The van der Waals surface area contributed by atoms with Crippen molar-refractivity contribution in [2.24, 2.45) is 10.9 Å². The van der Waals surface area contributed by atoms with E-state index in [1.165, 1.54) is 25.7 Å². The molecule has 2 heterocycles. The maximum absolute atomic E-state index is 14.4.